The molecule has 6 nitrogen and oxygen atoms in total. The molecule has 0 aliphatic heterocycles. The molecule has 0 aliphatic rings. The molecule has 106 valence electrons. The average molecular weight is 282 g/mol. The zero-order valence-electron chi connectivity index (χ0n) is 12.7. The topological polar surface area (TPSA) is 76.9 Å². The number of allylic oxidation sites excluding steroid dienone is 1. The number of oxazole rings is 1. The number of nitriles is 1. The number of hydrogen-bond acceptors (Lipinski definition) is 5. The van der Waals surface area contributed by atoms with E-state index in [1.807, 2.05) is 20.9 Å². The summed E-state index contributed by atoms with van der Waals surface area (Å²) in [6, 6.07) is 2.13. The number of nitrogens with zero attached hydrogens (tertiary/aromatic N) is 4. The first-order valence-corrected chi connectivity index (χ1v) is 6.36. The van der Waals surface area contributed by atoms with Gasteiger partial charge in [0.1, 0.15) is 11.6 Å². The molecule has 2 heterocycles. The van der Waals surface area contributed by atoms with Gasteiger partial charge in [-0.05, 0) is 20.8 Å². The Morgan fingerprint density at radius 2 is 1.95 bits per heavy atom. The van der Waals surface area contributed by atoms with E-state index in [0.29, 0.717) is 22.9 Å². The minimum Gasteiger partial charge on any atom is -0.564 e. The van der Waals surface area contributed by atoms with Gasteiger partial charge in [0.2, 0.25) is 0 Å². The summed E-state index contributed by atoms with van der Waals surface area (Å²) >= 11 is 0. The summed E-state index contributed by atoms with van der Waals surface area (Å²) < 4.78 is 12.2. The Bertz CT molecular complexity index is 765. The second-order valence-electron chi connectivity index (χ2n) is 4.75. The highest BCUT2D eigenvalue weighted by molar-refractivity contribution is 6.06. The third kappa shape index (κ3) is 2.45. The van der Waals surface area contributed by atoms with Gasteiger partial charge in [-0.1, -0.05) is 0 Å². The lowest BCUT2D eigenvalue weighted by molar-refractivity contribution is 0.469. The van der Waals surface area contributed by atoms with Gasteiger partial charge in [0.25, 0.3) is 0 Å². The van der Waals surface area contributed by atoms with Crippen molar-refractivity contribution in [3.8, 4) is 6.07 Å². The van der Waals surface area contributed by atoms with Crippen LogP contribution in [-0.4, -0.2) is 22.8 Å². The molecule has 0 amide bonds. The molecule has 0 saturated carbocycles. The van der Waals surface area contributed by atoms with Crippen molar-refractivity contribution in [2.45, 2.75) is 27.7 Å². The maximum absolute atomic E-state index is 9.56. The van der Waals surface area contributed by atoms with Gasteiger partial charge in [0.15, 0.2) is 17.4 Å². The van der Waals surface area contributed by atoms with Crippen LogP contribution in [-0.2, 0) is 11.7 Å². The molecule has 0 atom stereocenters. The van der Waals surface area contributed by atoms with Crippen LogP contribution >= 0.6 is 0 Å². The third-order valence-electron chi connectivity index (χ3n) is 3.33. The normalized spacial score (nSPS) is 12.0. The predicted molar refractivity (Wildman–Crippen MR) is 77.9 cm³/mol. The lowest BCUT2D eigenvalue weighted by atomic mass is 10.0. The fourth-order valence-electron chi connectivity index (χ4n) is 2.32. The Morgan fingerprint density at radius 3 is 2.33 bits per heavy atom. The summed E-state index contributed by atoms with van der Waals surface area (Å²) in [4.78, 5) is 4.17. The van der Waals surface area contributed by atoms with Crippen LogP contribution < -0.4 is 0 Å². The highest BCUT2D eigenvalue weighted by atomic mass is 16.4. The van der Waals surface area contributed by atoms with Gasteiger partial charge in [-0.2, -0.15) is 10.4 Å². The van der Waals surface area contributed by atoms with Crippen LogP contribution in [0.1, 0.15) is 34.3 Å². The van der Waals surface area contributed by atoms with Crippen molar-refractivity contribution in [1.29, 1.82) is 5.26 Å². The molecule has 0 saturated heterocycles. The van der Waals surface area contributed by atoms with E-state index in [-0.39, 0.29) is 11.3 Å². The van der Waals surface area contributed by atoms with Crippen molar-refractivity contribution < 1.29 is 9.07 Å². The monoisotopic (exact) mass is 282 g/mol. The SMILES string of the molecule is [B]OC(=C(C#N)c1c(C)nn(C)c1C)c1oc(C)nc1C. The molecule has 0 spiro atoms. The van der Waals surface area contributed by atoms with Crippen LogP contribution in [0.2, 0.25) is 0 Å². The van der Waals surface area contributed by atoms with E-state index in [0.717, 1.165) is 11.4 Å². The first-order valence-electron chi connectivity index (χ1n) is 6.36. The highest BCUT2D eigenvalue weighted by Crippen LogP contribution is 2.31. The van der Waals surface area contributed by atoms with E-state index >= 15 is 0 Å². The van der Waals surface area contributed by atoms with E-state index in [1.54, 1.807) is 18.5 Å². The van der Waals surface area contributed by atoms with Crippen molar-refractivity contribution in [2.24, 2.45) is 7.05 Å². The van der Waals surface area contributed by atoms with Crippen LogP contribution in [0.25, 0.3) is 11.3 Å². The zero-order valence-corrected chi connectivity index (χ0v) is 12.7. The van der Waals surface area contributed by atoms with Gasteiger partial charge >= 0.3 is 8.05 Å². The molecule has 2 aromatic rings. The summed E-state index contributed by atoms with van der Waals surface area (Å²) in [5, 5.41) is 13.9. The standard InChI is InChI=1S/C14H15BN4O2/c1-7-12(9(3)19(5)18-7)11(6-16)14(21-15)13-8(2)17-10(4)20-13/h1-5H3. The van der Waals surface area contributed by atoms with Crippen molar-refractivity contribution in [3.05, 3.63) is 34.3 Å². The summed E-state index contributed by atoms with van der Waals surface area (Å²) in [6.45, 7) is 7.19. The fraction of sp³-hybridized carbons (Fsp3) is 0.357. The molecule has 0 bridgehead atoms. The van der Waals surface area contributed by atoms with Crippen LogP contribution in [0.3, 0.4) is 0 Å². The molecule has 2 rings (SSSR count). The first-order chi connectivity index (χ1) is 9.90. The van der Waals surface area contributed by atoms with Gasteiger partial charge in [0.05, 0.1) is 11.4 Å². The second kappa shape index (κ2) is 5.48. The second-order valence-corrected chi connectivity index (χ2v) is 4.75. The van der Waals surface area contributed by atoms with Crippen LogP contribution in [0.15, 0.2) is 4.42 Å². The van der Waals surface area contributed by atoms with Gasteiger partial charge in [-0.3, -0.25) is 4.68 Å². The quantitative estimate of drug-likeness (QED) is 0.489. The van der Waals surface area contributed by atoms with Crippen molar-refractivity contribution in [3.63, 3.8) is 0 Å². The van der Waals surface area contributed by atoms with Crippen LogP contribution in [0, 0.1) is 39.0 Å². The lowest BCUT2D eigenvalue weighted by Gasteiger charge is -2.09. The Balaban J connectivity index is 2.77. The third-order valence-corrected chi connectivity index (χ3v) is 3.33. The Morgan fingerprint density at radius 1 is 1.29 bits per heavy atom. The smallest absolute Gasteiger partial charge is 0.374 e. The van der Waals surface area contributed by atoms with Crippen molar-refractivity contribution in [2.75, 3.05) is 0 Å². The molecule has 0 fully saturated rings. The van der Waals surface area contributed by atoms with Gasteiger partial charge < -0.3 is 9.07 Å². The lowest BCUT2D eigenvalue weighted by Crippen LogP contribution is -1.98. The summed E-state index contributed by atoms with van der Waals surface area (Å²) in [5.74, 6) is 0.998. The molecule has 2 aromatic heterocycles. The Hall–Kier alpha value is -2.49. The molecular formula is C14H15BN4O2. The molecule has 21 heavy (non-hydrogen) atoms. The van der Waals surface area contributed by atoms with E-state index in [9.17, 15) is 5.26 Å². The van der Waals surface area contributed by atoms with E-state index < -0.39 is 0 Å². The molecule has 0 aliphatic carbocycles. The molecule has 0 aromatic carbocycles. The molecular weight excluding hydrogens is 267 g/mol. The Labute approximate surface area is 124 Å². The number of aromatic nitrogens is 3. The van der Waals surface area contributed by atoms with Crippen LogP contribution in [0.5, 0.6) is 0 Å². The van der Waals surface area contributed by atoms with E-state index in [4.69, 9.17) is 17.1 Å². The summed E-state index contributed by atoms with van der Waals surface area (Å²) in [6.07, 6.45) is 0. The molecule has 2 radical (unpaired) electrons. The maximum Gasteiger partial charge on any atom is 0.374 e. The first kappa shape index (κ1) is 14.9. The van der Waals surface area contributed by atoms with Gasteiger partial charge in [0, 0.05) is 25.2 Å². The van der Waals surface area contributed by atoms with E-state index in [1.165, 1.54) is 0 Å². The highest BCUT2D eigenvalue weighted by Gasteiger charge is 2.23. The van der Waals surface area contributed by atoms with Crippen molar-refractivity contribution in [1.82, 2.24) is 14.8 Å². The maximum atomic E-state index is 9.56. The fourth-order valence-corrected chi connectivity index (χ4v) is 2.32. The van der Waals surface area contributed by atoms with E-state index in [2.05, 4.69) is 16.2 Å². The summed E-state index contributed by atoms with van der Waals surface area (Å²) in [5.41, 5.74) is 3.14. The minimum atomic E-state index is 0.162. The van der Waals surface area contributed by atoms with Gasteiger partial charge in [-0.25, -0.2) is 4.98 Å². The summed E-state index contributed by atoms with van der Waals surface area (Å²) in [7, 11) is 7.19. The number of aryl methyl sites for hydroxylation is 4. The van der Waals surface area contributed by atoms with Crippen LogP contribution in [0.4, 0.5) is 0 Å². The molecule has 0 unspecified atom stereocenters. The largest absolute Gasteiger partial charge is 0.564 e. The van der Waals surface area contributed by atoms with Gasteiger partial charge in [-0.15, -0.1) is 0 Å². The predicted octanol–water partition coefficient (Wildman–Crippen LogP) is 2.13. The van der Waals surface area contributed by atoms with Crippen molar-refractivity contribution >= 4 is 19.4 Å². The number of rotatable bonds is 3. The average Bonchev–Trinajstić information content (AvgIpc) is 2.88. The zero-order chi connectivity index (χ0) is 15.7. The minimum absolute atomic E-state index is 0.162. The molecule has 0 N–H and O–H groups in total. The Kier molecular flexibility index (Phi) is 3.89. The number of hydrogen-bond donors (Lipinski definition) is 0. The molecule has 7 heteroatoms.